The fraction of sp³-hybridized carbons (Fsp3) is 0.0455. The van der Waals surface area contributed by atoms with Gasteiger partial charge in [-0.15, -0.1) is 0 Å². The number of pyridine rings is 1. The van der Waals surface area contributed by atoms with E-state index < -0.39 is 0 Å². The Balaban J connectivity index is 1.79. The van der Waals surface area contributed by atoms with Gasteiger partial charge in [-0.1, -0.05) is 54.6 Å². The molecule has 0 N–H and O–H groups in total. The second-order valence-electron chi connectivity index (χ2n) is 5.87. The molecule has 3 heteroatoms. The molecule has 0 aliphatic carbocycles. The zero-order chi connectivity index (χ0) is 17.1. The van der Waals surface area contributed by atoms with Gasteiger partial charge in [0.1, 0.15) is 5.82 Å². The summed E-state index contributed by atoms with van der Waals surface area (Å²) in [7, 11) is 0. The molecule has 0 amide bonds. The van der Waals surface area contributed by atoms with Gasteiger partial charge >= 0.3 is 0 Å². The van der Waals surface area contributed by atoms with Crippen LogP contribution in [-0.4, -0.2) is 15.0 Å². The Morgan fingerprint density at radius 2 is 1.28 bits per heavy atom. The van der Waals surface area contributed by atoms with Crippen LogP contribution in [0.2, 0.25) is 0 Å². The first-order valence-electron chi connectivity index (χ1n) is 8.21. The van der Waals surface area contributed by atoms with Crippen LogP contribution in [0.3, 0.4) is 0 Å². The molecule has 0 aliphatic rings. The molecule has 0 bridgehead atoms. The van der Waals surface area contributed by atoms with Gasteiger partial charge in [0.25, 0.3) is 0 Å². The smallest absolute Gasteiger partial charge is 0.126 e. The van der Waals surface area contributed by atoms with Crippen molar-refractivity contribution < 1.29 is 0 Å². The molecule has 4 aromatic rings. The van der Waals surface area contributed by atoms with Crippen molar-refractivity contribution in [2.75, 3.05) is 0 Å². The molecule has 2 aromatic heterocycles. The van der Waals surface area contributed by atoms with Crippen LogP contribution in [0.1, 0.15) is 5.82 Å². The van der Waals surface area contributed by atoms with Gasteiger partial charge in [0.15, 0.2) is 0 Å². The van der Waals surface area contributed by atoms with E-state index >= 15 is 0 Å². The maximum absolute atomic E-state index is 4.64. The van der Waals surface area contributed by atoms with E-state index in [1.54, 1.807) is 6.20 Å². The number of hydrogen-bond donors (Lipinski definition) is 0. The summed E-state index contributed by atoms with van der Waals surface area (Å²) in [5.74, 6) is 0.767. The Kier molecular flexibility index (Phi) is 4.05. The highest BCUT2D eigenvalue weighted by Crippen LogP contribution is 2.27. The van der Waals surface area contributed by atoms with Crippen molar-refractivity contribution >= 4 is 0 Å². The van der Waals surface area contributed by atoms with E-state index in [0.717, 1.165) is 39.5 Å². The second-order valence-corrected chi connectivity index (χ2v) is 5.87. The molecule has 0 atom stereocenters. The molecule has 120 valence electrons. The molecule has 3 nitrogen and oxygen atoms in total. The standard InChI is InChI=1S/C22H17N3/c1-16-24-21(17-7-3-2-4-8-17)14-22(25-16)19-10-5-9-18(13-19)20-11-6-12-23-15-20/h2-15H,1H3. The lowest BCUT2D eigenvalue weighted by Gasteiger charge is -2.08. The largest absolute Gasteiger partial charge is 0.264 e. The minimum Gasteiger partial charge on any atom is -0.264 e. The number of benzene rings is 2. The average molecular weight is 323 g/mol. The molecule has 0 radical (unpaired) electrons. The van der Waals surface area contributed by atoms with Crippen molar-refractivity contribution in [3.8, 4) is 33.6 Å². The summed E-state index contributed by atoms with van der Waals surface area (Å²) >= 11 is 0. The van der Waals surface area contributed by atoms with E-state index in [0.29, 0.717) is 0 Å². The first-order valence-corrected chi connectivity index (χ1v) is 8.21. The monoisotopic (exact) mass is 323 g/mol. The van der Waals surface area contributed by atoms with Crippen LogP contribution in [-0.2, 0) is 0 Å². The van der Waals surface area contributed by atoms with Crippen molar-refractivity contribution in [1.29, 1.82) is 0 Å². The molecule has 0 fully saturated rings. The summed E-state index contributed by atoms with van der Waals surface area (Å²) in [5.41, 5.74) is 6.26. The summed E-state index contributed by atoms with van der Waals surface area (Å²) in [6.45, 7) is 1.93. The van der Waals surface area contributed by atoms with E-state index in [-0.39, 0.29) is 0 Å². The van der Waals surface area contributed by atoms with E-state index in [4.69, 9.17) is 0 Å². The molecule has 4 rings (SSSR count). The van der Waals surface area contributed by atoms with E-state index in [1.165, 1.54) is 0 Å². The molecule has 0 saturated heterocycles. The average Bonchev–Trinajstić information content (AvgIpc) is 2.69. The summed E-state index contributed by atoms with van der Waals surface area (Å²) < 4.78 is 0. The number of hydrogen-bond acceptors (Lipinski definition) is 3. The molecule has 0 aliphatic heterocycles. The van der Waals surface area contributed by atoms with Crippen molar-refractivity contribution in [2.45, 2.75) is 6.92 Å². The Morgan fingerprint density at radius 1 is 0.600 bits per heavy atom. The lowest BCUT2D eigenvalue weighted by molar-refractivity contribution is 1.06. The van der Waals surface area contributed by atoms with Crippen LogP contribution in [0.15, 0.2) is 85.2 Å². The zero-order valence-electron chi connectivity index (χ0n) is 13.9. The normalized spacial score (nSPS) is 10.6. The van der Waals surface area contributed by atoms with Gasteiger partial charge in [-0.25, -0.2) is 9.97 Å². The van der Waals surface area contributed by atoms with E-state index in [2.05, 4.69) is 57.4 Å². The highest BCUT2D eigenvalue weighted by atomic mass is 14.9. The third kappa shape index (κ3) is 3.31. The lowest BCUT2D eigenvalue weighted by Crippen LogP contribution is -1.94. The van der Waals surface area contributed by atoms with Gasteiger partial charge in [0, 0.05) is 29.1 Å². The van der Waals surface area contributed by atoms with Gasteiger partial charge in [0.05, 0.1) is 11.4 Å². The number of aryl methyl sites for hydroxylation is 1. The van der Waals surface area contributed by atoms with Crippen molar-refractivity contribution in [2.24, 2.45) is 0 Å². The van der Waals surface area contributed by atoms with Crippen LogP contribution in [0, 0.1) is 6.92 Å². The minimum absolute atomic E-state index is 0.767. The van der Waals surface area contributed by atoms with Crippen LogP contribution >= 0.6 is 0 Å². The Morgan fingerprint density at radius 3 is 2.04 bits per heavy atom. The number of rotatable bonds is 3. The van der Waals surface area contributed by atoms with Gasteiger partial charge in [-0.2, -0.15) is 0 Å². The highest BCUT2D eigenvalue weighted by molar-refractivity contribution is 5.73. The molecular weight excluding hydrogens is 306 g/mol. The zero-order valence-corrected chi connectivity index (χ0v) is 13.9. The maximum atomic E-state index is 4.64. The Bertz CT molecular complexity index is 996. The lowest BCUT2D eigenvalue weighted by atomic mass is 10.0. The highest BCUT2D eigenvalue weighted by Gasteiger charge is 2.07. The number of aromatic nitrogens is 3. The molecular formula is C22H17N3. The van der Waals surface area contributed by atoms with Crippen LogP contribution < -0.4 is 0 Å². The molecule has 0 spiro atoms. The SMILES string of the molecule is Cc1nc(-c2ccccc2)cc(-c2cccc(-c3cccnc3)c2)n1. The molecule has 0 saturated carbocycles. The van der Waals surface area contributed by atoms with Crippen LogP contribution in [0.4, 0.5) is 0 Å². The van der Waals surface area contributed by atoms with Gasteiger partial charge in [0.2, 0.25) is 0 Å². The fourth-order valence-electron chi connectivity index (χ4n) is 2.86. The van der Waals surface area contributed by atoms with Crippen LogP contribution in [0.25, 0.3) is 33.6 Å². The summed E-state index contributed by atoms with van der Waals surface area (Å²) in [5, 5.41) is 0. The van der Waals surface area contributed by atoms with Crippen molar-refractivity contribution in [3.05, 3.63) is 91.0 Å². The summed E-state index contributed by atoms with van der Waals surface area (Å²) in [4.78, 5) is 13.4. The van der Waals surface area contributed by atoms with Gasteiger partial charge in [-0.3, -0.25) is 4.98 Å². The Hall–Kier alpha value is -3.33. The fourth-order valence-corrected chi connectivity index (χ4v) is 2.86. The maximum Gasteiger partial charge on any atom is 0.126 e. The number of nitrogens with zero attached hydrogens (tertiary/aromatic N) is 3. The molecule has 2 aromatic carbocycles. The van der Waals surface area contributed by atoms with Gasteiger partial charge < -0.3 is 0 Å². The predicted molar refractivity (Wildman–Crippen MR) is 101 cm³/mol. The molecule has 2 heterocycles. The quantitative estimate of drug-likeness (QED) is 0.521. The predicted octanol–water partition coefficient (Wildman–Crippen LogP) is 5.18. The third-order valence-corrected chi connectivity index (χ3v) is 4.06. The first-order chi connectivity index (χ1) is 12.3. The van der Waals surface area contributed by atoms with E-state index in [9.17, 15) is 0 Å². The summed E-state index contributed by atoms with van der Waals surface area (Å²) in [6, 6.07) is 24.6. The van der Waals surface area contributed by atoms with Crippen LogP contribution in [0.5, 0.6) is 0 Å². The summed E-state index contributed by atoms with van der Waals surface area (Å²) in [6.07, 6.45) is 3.66. The molecule has 0 unspecified atom stereocenters. The van der Waals surface area contributed by atoms with Gasteiger partial charge in [-0.05, 0) is 30.7 Å². The van der Waals surface area contributed by atoms with E-state index in [1.807, 2.05) is 43.5 Å². The Labute approximate surface area is 147 Å². The molecule has 25 heavy (non-hydrogen) atoms. The topological polar surface area (TPSA) is 38.7 Å². The second kappa shape index (κ2) is 6.65. The van der Waals surface area contributed by atoms with Crippen molar-refractivity contribution in [3.63, 3.8) is 0 Å². The minimum atomic E-state index is 0.767. The van der Waals surface area contributed by atoms with Crippen molar-refractivity contribution in [1.82, 2.24) is 15.0 Å². The third-order valence-electron chi connectivity index (χ3n) is 4.06. The first kappa shape index (κ1) is 15.2.